The van der Waals surface area contributed by atoms with Gasteiger partial charge in [0.2, 0.25) is 11.8 Å². The maximum absolute atomic E-state index is 13.6. The summed E-state index contributed by atoms with van der Waals surface area (Å²) < 4.78 is 28.2. The highest BCUT2D eigenvalue weighted by atomic mass is 35.5. The Morgan fingerprint density at radius 2 is 1.49 bits per heavy atom. The number of nitrogens with zero attached hydrogens (tertiary/aromatic N) is 2. The van der Waals surface area contributed by atoms with Gasteiger partial charge in [0.05, 0.1) is 10.6 Å². The third-order valence-electron chi connectivity index (χ3n) is 5.62. The van der Waals surface area contributed by atoms with E-state index in [9.17, 15) is 18.0 Å². The number of likely N-dealkylation sites (N-methyl/N-ethyl adjacent to an activating group) is 1. The lowest BCUT2D eigenvalue weighted by atomic mass is 10.1. The second-order valence-corrected chi connectivity index (χ2v) is 10.2. The molecule has 9 heteroatoms. The van der Waals surface area contributed by atoms with E-state index >= 15 is 0 Å². The van der Waals surface area contributed by atoms with Crippen LogP contribution in [0.1, 0.15) is 12.5 Å². The molecule has 0 aliphatic rings. The van der Waals surface area contributed by atoms with Gasteiger partial charge in [0, 0.05) is 18.6 Å². The van der Waals surface area contributed by atoms with Crippen molar-refractivity contribution in [3.05, 3.63) is 95.5 Å². The zero-order valence-corrected chi connectivity index (χ0v) is 21.2. The molecule has 1 atom stereocenters. The van der Waals surface area contributed by atoms with Crippen molar-refractivity contribution in [2.45, 2.75) is 24.3 Å². The lowest BCUT2D eigenvalue weighted by molar-refractivity contribution is -0.138. The normalized spacial score (nSPS) is 12.0. The topological polar surface area (TPSA) is 86.8 Å². The number of sulfonamides is 1. The number of rotatable bonds is 10. The molecule has 2 amide bonds. The van der Waals surface area contributed by atoms with Gasteiger partial charge in [-0.15, -0.1) is 0 Å². The lowest BCUT2D eigenvalue weighted by Gasteiger charge is -2.31. The Morgan fingerprint density at radius 3 is 2.06 bits per heavy atom. The molecule has 0 saturated heterocycles. The summed E-state index contributed by atoms with van der Waals surface area (Å²) in [5.74, 6) is -0.832. The van der Waals surface area contributed by atoms with Crippen LogP contribution in [0.2, 0.25) is 5.02 Å². The van der Waals surface area contributed by atoms with Crippen molar-refractivity contribution in [3.63, 3.8) is 0 Å². The number of amides is 2. The molecule has 1 N–H and O–H groups in total. The minimum atomic E-state index is -4.07. The number of carbonyl (C=O) groups excluding carboxylic acids is 2. The third-order valence-corrected chi connectivity index (χ3v) is 7.66. The number of halogens is 1. The molecule has 0 radical (unpaired) electrons. The van der Waals surface area contributed by atoms with E-state index in [2.05, 4.69) is 5.32 Å². The average Bonchev–Trinajstić information content (AvgIpc) is 2.88. The van der Waals surface area contributed by atoms with Crippen LogP contribution in [0.5, 0.6) is 0 Å². The van der Waals surface area contributed by atoms with Crippen LogP contribution in [0.3, 0.4) is 0 Å². The molecule has 0 heterocycles. The third kappa shape index (κ3) is 6.61. The van der Waals surface area contributed by atoms with E-state index in [0.29, 0.717) is 17.1 Å². The van der Waals surface area contributed by atoms with Crippen LogP contribution in [-0.2, 0) is 26.0 Å². The summed E-state index contributed by atoms with van der Waals surface area (Å²) in [4.78, 5) is 27.5. The summed E-state index contributed by atoms with van der Waals surface area (Å²) in [5, 5.41) is 3.01. The zero-order valence-electron chi connectivity index (χ0n) is 19.6. The highest BCUT2D eigenvalue weighted by molar-refractivity contribution is 7.92. The zero-order chi connectivity index (χ0) is 25.4. The average molecular weight is 514 g/mol. The molecule has 3 aromatic carbocycles. The number of benzene rings is 3. The summed E-state index contributed by atoms with van der Waals surface area (Å²) in [6, 6.07) is 22.9. The Labute approximate surface area is 211 Å². The maximum atomic E-state index is 13.6. The summed E-state index contributed by atoms with van der Waals surface area (Å²) in [7, 11) is -2.57. The first-order valence-electron chi connectivity index (χ1n) is 11.1. The van der Waals surface area contributed by atoms with Crippen LogP contribution in [0.4, 0.5) is 5.69 Å². The standard InChI is InChI=1S/C26H28ClN3O4S/c1-20(26(32)28-2)29(18-17-21-9-5-3-6-10-21)25(31)19-30(23-15-13-22(27)14-16-23)35(33,34)24-11-7-4-8-12-24/h3-16,20H,17-19H2,1-2H3,(H,28,32)/t20-/m0/s1. The van der Waals surface area contributed by atoms with E-state index in [1.165, 1.54) is 24.1 Å². The molecule has 0 unspecified atom stereocenters. The number of hydrogen-bond acceptors (Lipinski definition) is 4. The van der Waals surface area contributed by atoms with Crippen molar-refractivity contribution in [1.82, 2.24) is 10.2 Å². The van der Waals surface area contributed by atoms with Crippen LogP contribution >= 0.6 is 11.6 Å². The summed E-state index contributed by atoms with van der Waals surface area (Å²) in [6.07, 6.45) is 0.514. The Balaban J connectivity index is 1.95. The molecule has 0 spiro atoms. The van der Waals surface area contributed by atoms with Gasteiger partial charge in [0.1, 0.15) is 12.6 Å². The fourth-order valence-corrected chi connectivity index (χ4v) is 5.20. The van der Waals surface area contributed by atoms with Gasteiger partial charge in [-0.2, -0.15) is 0 Å². The first-order valence-corrected chi connectivity index (χ1v) is 12.9. The van der Waals surface area contributed by atoms with E-state index in [1.807, 2.05) is 30.3 Å². The van der Waals surface area contributed by atoms with E-state index in [-0.39, 0.29) is 17.3 Å². The molecule has 0 fully saturated rings. The van der Waals surface area contributed by atoms with E-state index in [1.54, 1.807) is 49.4 Å². The number of nitrogens with one attached hydrogen (secondary N) is 1. The van der Waals surface area contributed by atoms with Crippen molar-refractivity contribution in [2.24, 2.45) is 0 Å². The van der Waals surface area contributed by atoms with Crippen LogP contribution in [0.15, 0.2) is 89.8 Å². The molecular formula is C26H28ClN3O4S. The van der Waals surface area contributed by atoms with Crippen LogP contribution < -0.4 is 9.62 Å². The van der Waals surface area contributed by atoms with E-state index < -0.39 is 28.5 Å². The quantitative estimate of drug-likeness (QED) is 0.447. The van der Waals surface area contributed by atoms with Gasteiger partial charge >= 0.3 is 0 Å². The Hall–Kier alpha value is -3.36. The van der Waals surface area contributed by atoms with Gasteiger partial charge in [0.25, 0.3) is 10.0 Å². The lowest BCUT2D eigenvalue weighted by Crippen LogP contribution is -2.51. The number of carbonyl (C=O) groups is 2. The molecular weight excluding hydrogens is 486 g/mol. The van der Waals surface area contributed by atoms with Gasteiger partial charge in [-0.25, -0.2) is 8.42 Å². The highest BCUT2D eigenvalue weighted by Gasteiger charge is 2.32. The predicted molar refractivity (Wildman–Crippen MR) is 138 cm³/mol. The van der Waals surface area contributed by atoms with Crippen molar-refractivity contribution in [1.29, 1.82) is 0 Å². The molecule has 0 aliphatic heterocycles. The minimum Gasteiger partial charge on any atom is -0.357 e. The molecule has 3 rings (SSSR count). The van der Waals surface area contributed by atoms with Crippen molar-refractivity contribution < 1.29 is 18.0 Å². The monoisotopic (exact) mass is 513 g/mol. The molecule has 3 aromatic rings. The smallest absolute Gasteiger partial charge is 0.264 e. The summed E-state index contributed by atoms with van der Waals surface area (Å²) in [6.45, 7) is 1.40. The van der Waals surface area contributed by atoms with Gasteiger partial charge in [-0.1, -0.05) is 60.1 Å². The Bertz CT molecular complexity index is 1240. The highest BCUT2D eigenvalue weighted by Crippen LogP contribution is 2.25. The molecule has 0 saturated carbocycles. The maximum Gasteiger partial charge on any atom is 0.264 e. The number of anilines is 1. The summed E-state index contributed by atoms with van der Waals surface area (Å²) in [5.41, 5.74) is 1.29. The molecule has 0 aromatic heterocycles. The van der Waals surface area contributed by atoms with Crippen LogP contribution in [-0.4, -0.2) is 51.3 Å². The largest absolute Gasteiger partial charge is 0.357 e. The fourth-order valence-electron chi connectivity index (χ4n) is 3.63. The van der Waals surface area contributed by atoms with Crippen molar-refractivity contribution >= 4 is 39.1 Å². The van der Waals surface area contributed by atoms with Crippen LogP contribution in [0.25, 0.3) is 0 Å². The second-order valence-electron chi connectivity index (χ2n) is 7.91. The van der Waals surface area contributed by atoms with Gasteiger partial charge in [-0.3, -0.25) is 13.9 Å². The SMILES string of the molecule is CNC(=O)[C@H](C)N(CCc1ccccc1)C(=O)CN(c1ccc(Cl)cc1)S(=O)(=O)c1ccccc1. The van der Waals surface area contributed by atoms with Gasteiger partial charge in [0.15, 0.2) is 0 Å². The Morgan fingerprint density at radius 1 is 0.914 bits per heavy atom. The summed E-state index contributed by atoms with van der Waals surface area (Å²) >= 11 is 6.01. The molecule has 7 nitrogen and oxygen atoms in total. The molecule has 35 heavy (non-hydrogen) atoms. The predicted octanol–water partition coefficient (Wildman–Crippen LogP) is 3.74. The first kappa shape index (κ1) is 26.2. The number of hydrogen-bond donors (Lipinski definition) is 1. The first-order chi connectivity index (χ1) is 16.7. The molecule has 0 bridgehead atoms. The minimum absolute atomic E-state index is 0.0536. The fraction of sp³-hybridized carbons (Fsp3) is 0.231. The van der Waals surface area contributed by atoms with E-state index in [0.717, 1.165) is 9.87 Å². The van der Waals surface area contributed by atoms with E-state index in [4.69, 9.17) is 11.6 Å². The second kappa shape index (κ2) is 11.9. The Kier molecular flexibility index (Phi) is 8.89. The molecule has 184 valence electrons. The van der Waals surface area contributed by atoms with Gasteiger partial charge in [-0.05, 0) is 55.3 Å². The van der Waals surface area contributed by atoms with Crippen molar-refractivity contribution in [3.8, 4) is 0 Å². The van der Waals surface area contributed by atoms with Crippen molar-refractivity contribution in [2.75, 3.05) is 24.4 Å². The van der Waals surface area contributed by atoms with Crippen LogP contribution in [0, 0.1) is 0 Å². The molecule has 0 aliphatic carbocycles. The van der Waals surface area contributed by atoms with Gasteiger partial charge < -0.3 is 10.2 Å².